The summed E-state index contributed by atoms with van der Waals surface area (Å²) in [5.74, 6) is 2.62. The molecule has 1 heterocycles. The van der Waals surface area contributed by atoms with Crippen molar-refractivity contribution in [3.8, 4) is 0 Å². The van der Waals surface area contributed by atoms with Crippen LogP contribution >= 0.6 is 0 Å². The van der Waals surface area contributed by atoms with Crippen molar-refractivity contribution in [3.05, 3.63) is 42.0 Å². The van der Waals surface area contributed by atoms with Crippen molar-refractivity contribution in [2.24, 2.45) is 7.05 Å². The van der Waals surface area contributed by atoms with Crippen LogP contribution in [0.5, 0.6) is 0 Å². The summed E-state index contributed by atoms with van der Waals surface area (Å²) in [6.45, 7) is 0.722. The van der Waals surface area contributed by atoms with Crippen LogP contribution in [0.4, 0.5) is 5.69 Å². The van der Waals surface area contributed by atoms with E-state index in [0.717, 1.165) is 23.9 Å². The molecule has 1 saturated carbocycles. The zero-order valence-corrected chi connectivity index (χ0v) is 11.3. The summed E-state index contributed by atoms with van der Waals surface area (Å²) in [4.78, 5) is 4.70. The molecule has 4 heteroatoms. The van der Waals surface area contributed by atoms with Gasteiger partial charge in [-0.1, -0.05) is 31.0 Å². The summed E-state index contributed by atoms with van der Waals surface area (Å²) in [5.41, 5.74) is 1.12. The van der Waals surface area contributed by atoms with Crippen molar-refractivity contribution in [3.63, 3.8) is 0 Å². The molecule has 0 spiro atoms. The van der Waals surface area contributed by atoms with Crippen molar-refractivity contribution < 1.29 is 0 Å². The van der Waals surface area contributed by atoms with Crippen molar-refractivity contribution in [2.75, 3.05) is 5.32 Å². The van der Waals surface area contributed by atoms with Gasteiger partial charge in [0.15, 0.2) is 5.82 Å². The molecule has 4 nitrogen and oxygen atoms in total. The SMILES string of the molecule is Cn1nc(C2CCCC2)nc1CNc1ccccc1. The largest absolute Gasteiger partial charge is 0.378 e. The molecule has 0 unspecified atom stereocenters. The van der Waals surface area contributed by atoms with Gasteiger partial charge < -0.3 is 5.32 Å². The first-order valence-electron chi connectivity index (χ1n) is 7.01. The van der Waals surface area contributed by atoms with Crippen LogP contribution in [-0.4, -0.2) is 14.8 Å². The molecule has 0 bridgehead atoms. The predicted molar refractivity (Wildman–Crippen MR) is 76.0 cm³/mol. The van der Waals surface area contributed by atoms with Crippen molar-refractivity contribution >= 4 is 5.69 Å². The standard InChI is InChI=1S/C15H20N4/c1-19-14(11-16-13-9-3-2-4-10-13)17-15(18-19)12-7-5-6-8-12/h2-4,9-10,12,16H,5-8,11H2,1H3. The highest BCUT2D eigenvalue weighted by molar-refractivity contribution is 5.42. The molecule has 3 rings (SSSR count). The maximum atomic E-state index is 4.70. The maximum absolute atomic E-state index is 4.70. The van der Waals surface area contributed by atoms with Gasteiger partial charge in [-0.15, -0.1) is 0 Å². The zero-order valence-electron chi connectivity index (χ0n) is 11.3. The summed E-state index contributed by atoms with van der Waals surface area (Å²) in [6, 6.07) is 10.2. The van der Waals surface area contributed by atoms with Gasteiger partial charge in [-0.25, -0.2) is 4.98 Å². The summed E-state index contributed by atoms with van der Waals surface area (Å²) in [7, 11) is 1.98. The molecule has 1 aliphatic carbocycles. The third-order valence-electron chi connectivity index (χ3n) is 3.81. The molecular weight excluding hydrogens is 236 g/mol. The van der Waals surface area contributed by atoms with Gasteiger partial charge in [0.2, 0.25) is 0 Å². The number of aryl methyl sites for hydroxylation is 1. The van der Waals surface area contributed by atoms with Crippen LogP contribution in [0.25, 0.3) is 0 Å². The summed E-state index contributed by atoms with van der Waals surface area (Å²) < 4.78 is 1.91. The van der Waals surface area contributed by atoms with E-state index < -0.39 is 0 Å². The Morgan fingerprint density at radius 2 is 1.95 bits per heavy atom. The topological polar surface area (TPSA) is 42.7 Å². The quantitative estimate of drug-likeness (QED) is 0.914. The lowest BCUT2D eigenvalue weighted by molar-refractivity contribution is 0.643. The second-order valence-electron chi connectivity index (χ2n) is 5.21. The minimum Gasteiger partial charge on any atom is -0.378 e. The average molecular weight is 256 g/mol. The molecule has 19 heavy (non-hydrogen) atoms. The molecule has 0 radical (unpaired) electrons. The molecule has 1 N–H and O–H groups in total. The van der Waals surface area contributed by atoms with Crippen LogP contribution in [0.15, 0.2) is 30.3 Å². The molecule has 0 atom stereocenters. The Kier molecular flexibility index (Phi) is 3.49. The second-order valence-corrected chi connectivity index (χ2v) is 5.21. The molecule has 100 valence electrons. The minimum atomic E-state index is 0.580. The highest BCUT2D eigenvalue weighted by atomic mass is 15.3. The number of hydrogen-bond acceptors (Lipinski definition) is 3. The summed E-state index contributed by atoms with van der Waals surface area (Å²) in [6.07, 6.45) is 5.13. The van der Waals surface area contributed by atoms with Crippen molar-refractivity contribution in [1.29, 1.82) is 0 Å². The van der Waals surface area contributed by atoms with Gasteiger partial charge in [0.25, 0.3) is 0 Å². The normalized spacial score (nSPS) is 15.8. The zero-order chi connectivity index (χ0) is 13.1. The van der Waals surface area contributed by atoms with Crippen LogP contribution in [0, 0.1) is 0 Å². The number of para-hydroxylation sites is 1. The van der Waals surface area contributed by atoms with E-state index in [4.69, 9.17) is 4.98 Å². The Bertz CT molecular complexity index is 526. The number of nitrogens with zero attached hydrogens (tertiary/aromatic N) is 3. The highest BCUT2D eigenvalue weighted by Crippen LogP contribution is 2.32. The molecule has 1 aromatic heterocycles. The van der Waals surface area contributed by atoms with Gasteiger partial charge in [0.05, 0.1) is 6.54 Å². The molecule has 0 amide bonds. The van der Waals surface area contributed by atoms with Crippen LogP contribution in [-0.2, 0) is 13.6 Å². The fraction of sp³-hybridized carbons (Fsp3) is 0.467. The Morgan fingerprint density at radius 3 is 2.68 bits per heavy atom. The van der Waals surface area contributed by atoms with Gasteiger partial charge in [-0.2, -0.15) is 5.10 Å². The lowest BCUT2D eigenvalue weighted by Gasteiger charge is -2.04. The van der Waals surface area contributed by atoms with Crippen LogP contribution < -0.4 is 5.32 Å². The lowest BCUT2D eigenvalue weighted by Crippen LogP contribution is -2.06. The number of aromatic nitrogens is 3. The average Bonchev–Trinajstić information content (AvgIpc) is 3.07. The molecule has 1 aromatic carbocycles. The monoisotopic (exact) mass is 256 g/mol. The minimum absolute atomic E-state index is 0.580. The smallest absolute Gasteiger partial charge is 0.154 e. The predicted octanol–water partition coefficient (Wildman–Crippen LogP) is 3.08. The first kappa shape index (κ1) is 12.2. The van der Waals surface area contributed by atoms with E-state index in [9.17, 15) is 0 Å². The van der Waals surface area contributed by atoms with Gasteiger partial charge >= 0.3 is 0 Å². The third kappa shape index (κ3) is 2.78. The van der Waals surface area contributed by atoms with E-state index in [1.807, 2.05) is 29.9 Å². The van der Waals surface area contributed by atoms with E-state index in [1.54, 1.807) is 0 Å². The van der Waals surface area contributed by atoms with Crippen molar-refractivity contribution in [2.45, 2.75) is 38.1 Å². The van der Waals surface area contributed by atoms with E-state index in [2.05, 4.69) is 22.5 Å². The maximum Gasteiger partial charge on any atom is 0.154 e. The van der Waals surface area contributed by atoms with Gasteiger partial charge in [0, 0.05) is 18.7 Å². The molecule has 1 fully saturated rings. The van der Waals surface area contributed by atoms with Gasteiger partial charge in [-0.05, 0) is 25.0 Å². The van der Waals surface area contributed by atoms with E-state index >= 15 is 0 Å². The number of hydrogen-bond donors (Lipinski definition) is 1. The Hall–Kier alpha value is -1.84. The van der Waals surface area contributed by atoms with E-state index in [-0.39, 0.29) is 0 Å². The number of nitrogens with one attached hydrogen (secondary N) is 1. The molecule has 1 aliphatic rings. The fourth-order valence-corrected chi connectivity index (χ4v) is 2.69. The lowest BCUT2D eigenvalue weighted by atomic mass is 10.1. The number of benzene rings is 1. The highest BCUT2D eigenvalue weighted by Gasteiger charge is 2.21. The third-order valence-corrected chi connectivity index (χ3v) is 3.81. The Morgan fingerprint density at radius 1 is 1.21 bits per heavy atom. The number of rotatable bonds is 4. The van der Waals surface area contributed by atoms with Crippen LogP contribution in [0.1, 0.15) is 43.3 Å². The van der Waals surface area contributed by atoms with Crippen LogP contribution in [0.3, 0.4) is 0 Å². The van der Waals surface area contributed by atoms with Gasteiger partial charge in [0.1, 0.15) is 5.82 Å². The molecule has 2 aromatic rings. The first-order valence-corrected chi connectivity index (χ1v) is 7.01. The summed E-state index contributed by atoms with van der Waals surface area (Å²) in [5, 5.41) is 7.95. The fourth-order valence-electron chi connectivity index (χ4n) is 2.69. The van der Waals surface area contributed by atoms with Crippen molar-refractivity contribution in [1.82, 2.24) is 14.8 Å². The van der Waals surface area contributed by atoms with E-state index in [0.29, 0.717) is 5.92 Å². The molecule has 0 aliphatic heterocycles. The van der Waals surface area contributed by atoms with Gasteiger partial charge in [-0.3, -0.25) is 4.68 Å². The van der Waals surface area contributed by atoms with E-state index in [1.165, 1.54) is 25.7 Å². The second kappa shape index (κ2) is 5.43. The molecule has 0 saturated heterocycles. The first-order chi connectivity index (χ1) is 9.33. The Labute approximate surface area is 113 Å². The van der Waals surface area contributed by atoms with Crippen LogP contribution in [0.2, 0.25) is 0 Å². The molecular formula is C15H20N4. The summed E-state index contributed by atoms with van der Waals surface area (Å²) >= 11 is 0. The number of anilines is 1. The Balaban J connectivity index is 1.67.